The molecule has 2 N–H and O–H groups in total. The van der Waals surface area contributed by atoms with E-state index in [2.05, 4.69) is 31.4 Å². The standard InChI is InChI=1S/C13H19N3/c1-13(2,3)12-10(7-8-14)16-9-5-4-6-11(16)15-12/h4-6,9H,7-8,14H2,1-3H3. The first kappa shape index (κ1) is 11.1. The highest BCUT2D eigenvalue weighted by Gasteiger charge is 2.22. The molecule has 2 aromatic heterocycles. The zero-order chi connectivity index (χ0) is 11.8. The van der Waals surface area contributed by atoms with Crippen molar-refractivity contribution in [2.75, 3.05) is 6.54 Å². The van der Waals surface area contributed by atoms with Crippen LogP contribution in [0.15, 0.2) is 24.4 Å². The van der Waals surface area contributed by atoms with Gasteiger partial charge in [-0.25, -0.2) is 4.98 Å². The van der Waals surface area contributed by atoms with E-state index in [1.54, 1.807) is 0 Å². The molecule has 0 fully saturated rings. The average molecular weight is 217 g/mol. The average Bonchev–Trinajstić information content (AvgIpc) is 2.58. The molecule has 0 bridgehead atoms. The Morgan fingerprint density at radius 3 is 2.69 bits per heavy atom. The van der Waals surface area contributed by atoms with Crippen molar-refractivity contribution in [3.8, 4) is 0 Å². The largest absolute Gasteiger partial charge is 0.330 e. The van der Waals surface area contributed by atoms with Gasteiger partial charge in [-0.1, -0.05) is 26.8 Å². The van der Waals surface area contributed by atoms with Crippen LogP contribution < -0.4 is 5.73 Å². The number of nitrogens with zero attached hydrogens (tertiary/aromatic N) is 2. The van der Waals surface area contributed by atoms with Gasteiger partial charge in [-0.2, -0.15) is 0 Å². The molecular formula is C13H19N3. The minimum Gasteiger partial charge on any atom is -0.330 e. The van der Waals surface area contributed by atoms with Gasteiger partial charge >= 0.3 is 0 Å². The Hall–Kier alpha value is -1.35. The molecule has 0 atom stereocenters. The molecule has 86 valence electrons. The number of aromatic nitrogens is 2. The molecule has 0 amide bonds. The lowest BCUT2D eigenvalue weighted by atomic mass is 9.90. The Morgan fingerprint density at radius 1 is 1.31 bits per heavy atom. The summed E-state index contributed by atoms with van der Waals surface area (Å²) in [5.74, 6) is 0. The molecule has 2 aromatic rings. The van der Waals surface area contributed by atoms with Crippen molar-refractivity contribution >= 4 is 5.65 Å². The lowest BCUT2D eigenvalue weighted by Gasteiger charge is -2.17. The molecule has 0 spiro atoms. The van der Waals surface area contributed by atoms with E-state index < -0.39 is 0 Å². The van der Waals surface area contributed by atoms with E-state index in [0.717, 1.165) is 17.8 Å². The fourth-order valence-corrected chi connectivity index (χ4v) is 2.02. The van der Waals surface area contributed by atoms with Crippen LogP contribution >= 0.6 is 0 Å². The summed E-state index contributed by atoms with van der Waals surface area (Å²) >= 11 is 0. The van der Waals surface area contributed by atoms with E-state index in [9.17, 15) is 0 Å². The molecule has 2 heterocycles. The Labute approximate surface area is 96.3 Å². The van der Waals surface area contributed by atoms with Crippen LogP contribution in [-0.2, 0) is 11.8 Å². The molecule has 0 radical (unpaired) electrons. The van der Waals surface area contributed by atoms with E-state index in [1.807, 2.05) is 18.2 Å². The van der Waals surface area contributed by atoms with Crippen molar-refractivity contribution in [2.45, 2.75) is 32.6 Å². The monoisotopic (exact) mass is 217 g/mol. The van der Waals surface area contributed by atoms with Gasteiger partial charge in [0.1, 0.15) is 5.65 Å². The van der Waals surface area contributed by atoms with Crippen LogP contribution in [0.3, 0.4) is 0 Å². The molecular weight excluding hydrogens is 198 g/mol. The third-order valence-corrected chi connectivity index (χ3v) is 2.72. The first-order chi connectivity index (χ1) is 7.54. The maximum absolute atomic E-state index is 5.68. The highest BCUT2D eigenvalue weighted by molar-refractivity contribution is 5.45. The van der Waals surface area contributed by atoms with Crippen molar-refractivity contribution in [3.05, 3.63) is 35.8 Å². The van der Waals surface area contributed by atoms with Crippen LogP contribution in [0.25, 0.3) is 5.65 Å². The van der Waals surface area contributed by atoms with Gasteiger partial charge in [0.2, 0.25) is 0 Å². The number of fused-ring (bicyclic) bond motifs is 1. The van der Waals surface area contributed by atoms with E-state index in [4.69, 9.17) is 10.7 Å². The number of hydrogen-bond acceptors (Lipinski definition) is 2. The van der Waals surface area contributed by atoms with E-state index in [1.165, 1.54) is 5.69 Å². The summed E-state index contributed by atoms with van der Waals surface area (Å²) in [6.07, 6.45) is 2.93. The molecule has 0 saturated heterocycles. The fourth-order valence-electron chi connectivity index (χ4n) is 2.02. The summed E-state index contributed by atoms with van der Waals surface area (Å²) in [5.41, 5.74) is 9.16. The number of nitrogens with two attached hydrogens (primary N) is 1. The second-order valence-corrected chi connectivity index (χ2v) is 5.12. The summed E-state index contributed by atoms with van der Waals surface area (Å²) in [5, 5.41) is 0. The normalized spacial score (nSPS) is 12.2. The molecule has 3 nitrogen and oxygen atoms in total. The van der Waals surface area contributed by atoms with Crippen LogP contribution in [0, 0.1) is 0 Å². The number of pyridine rings is 1. The number of rotatable bonds is 2. The molecule has 16 heavy (non-hydrogen) atoms. The predicted molar refractivity (Wildman–Crippen MR) is 66.7 cm³/mol. The highest BCUT2D eigenvalue weighted by atomic mass is 15.0. The predicted octanol–water partition coefficient (Wildman–Crippen LogP) is 2.13. The van der Waals surface area contributed by atoms with E-state index in [0.29, 0.717) is 6.54 Å². The van der Waals surface area contributed by atoms with Gasteiger partial charge in [-0.15, -0.1) is 0 Å². The third-order valence-electron chi connectivity index (χ3n) is 2.72. The van der Waals surface area contributed by atoms with Crippen LogP contribution in [0.4, 0.5) is 0 Å². The summed E-state index contributed by atoms with van der Waals surface area (Å²) in [6, 6.07) is 6.08. The lowest BCUT2D eigenvalue weighted by molar-refractivity contribution is 0.563. The molecule has 2 rings (SSSR count). The van der Waals surface area contributed by atoms with Crippen LogP contribution in [0.5, 0.6) is 0 Å². The molecule has 0 aliphatic heterocycles. The zero-order valence-corrected chi connectivity index (χ0v) is 10.2. The van der Waals surface area contributed by atoms with Gasteiger partial charge < -0.3 is 10.1 Å². The Bertz CT molecular complexity index is 491. The quantitative estimate of drug-likeness (QED) is 0.837. The van der Waals surface area contributed by atoms with Crippen molar-refractivity contribution in [2.24, 2.45) is 5.73 Å². The SMILES string of the molecule is CC(C)(C)c1nc2ccccn2c1CCN. The maximum Gasteiger partial charge on any atom is 0.137 e. The zero-order valence-electron chi connectivity index (χ0n) is 10.2. The summed E-state index contributed by atoms with van der Waals surface area (Å²) in [6.45, 7) is 7.23. The molecule has 0 saturated carbocycles. The summed E-state index contributed by atoms with van der Waals surface area (Å²) < 4.78 is 2.15. The maximum atomic E-state index is 5.68. The lowest BCUT2D eigenvalue weighted by Crippen LogP contribution is -2.17. The molecule has 0 aromatic carbocycles. The Morgan fingerprint density at radius 2 is 2.06 bits per heavy atom. The van der Waals surface area contributed by atoms with Crippen molar-refractivity contribution in [1.82, 2.24) is 9.38 Å². The van der Waals surface area contributed by atoms with Gasteiger partial charge in [-0.3, -0.25) is 0 Å². The summed E-state index contributed by atoms with van der Waals surface area (Å²) in [7, 11) is 0. The van der Waals surface area contributed by atoms with Crippen molar-refractivity contribution in [1.29, 1.82) is 0 Å². The van der Waals surface area contributed by atoms with Gasteiger partial charge in [-0.05, 0) is 18.7 Å². The van der Waals surface area contributed by atoms with E-state index >= 15 is 0 Å². The molecule has 0 aliphatic carbocycles. The Balaban J connectivity index is 2.68. The topological polar surface area (TPSA) is 43.3 Å². The minimum atomic E-state index is 0.0660. The minimum absolute atomic E-state index is 0.0660. The third kappa shape index (κ3) is 1.83. The van der Waals surface area contributed by atoms with E-state index in [-0.39, 0.29) is 5.41 Å². The van der Waals surface area contributed by atoms with Crippen molar-refractivity contribution < 1.29 is 0 Å². The smallest absolute Gasteiger partial charge is 0.137 e. The first-order valence-corrected chi connectivity index (χ1v) is 5.70. The number of imidazole rings is 1. The van der Waals surface area contributed by atoms with Gasteiger partial charge in [0.05, 0.1) is 5.69 Å². The fraction of sp³-hybridized carbons (Fsp3) is 0.462. The first-order valence-electron chi connectivity index (χ1n) is 5.70. The number of hydrogen-bond donors (Lipinski definition) is 1. The molecule has 3 heteroatoms. The Kier molecular flexibility index (Phi) is 2.72. The van der Waals surface area contributed by atoms with Gasteiger partial charge in [0.15, 0.2) is 0 Å². The van der Waals surface area contributed by atoms with Crippen molar-refractivity contribution in [3.63, 3.8) is 0 Å². The summed E-state index contributed by atoms with van der Waals surface area (Å²) in [4.78, 5) is 4.71. The van der Waals surface area contributed by atoms with Crippen LogP contribution in [0.2, 0.25) is 0 Å². The molecule has 0 aliphatic rings. The second-order valence-electron chi connectivity index (χ2n) is 5.12. The molecule has 0 unspecified atom stereocenters. The van der Waals surface area contributed by atoms with Gasteiger partial charge in [0.25, 0.3) is 0 Å². The van der Waals surface area contributed by atoms with Crippen LogP contribution in [-0.4, -0.2) is 15.9 Å². The van der Waals surface area contributed by atoms with Gasteiger partial charge in [0, 0.05) is 23.7 Å². The second kappa shape index (κ2) is 3.91. The van der Waals surface area contributed by atoms with Crippen LogP contribution in [0.1, 0.15) is 32.2 Å². The highest BCUT2D eigenvalue weighted by Crippen LogP contribution is 2.26.